The van der Waals surface area contributed by atoms with Gasteiger partial charge in [-0.05, 0) is 69.6 Å². The van der Waals surface area contributed by atoms with Gasteiger partial charge in [-0.2, -0.15) is 9.98 Å². The third-order valence-electron chi connectivity index (χ3n) is 4.54. The lowest BCUT2D eigenvalue weighted by Gasteiger charge is -2.29. The summed E-state index contributed by atoms with van der Waals surface area (Å²) in [5.41, 5.74) is 1.64. The molecule has 2 N–H and O–H groups in total. The third kappa shape index (κ3) is 5.28. The monoisotopic (exact) mass is 294 g/mol. The van der Waals surface area contributed by atoms with Crippen molar-refractivity contribution in [2.24, 2.45) is 21.8 Å². The lowest BCUT2D eigenvalue weighted by Crippen LogP contribution is -2.21. The van der Waals surface area contributed by atoms with Crippen molar-refractivity contribution in [1.82, 2.24) is 0 Å². The topological polar surface area (TPSA) is 99.3 Å². The lowest BCUT2D eigenvalue weighted by atomic mass is 9.77. The van der Waals surface area contributed by atoms with Crippen LogP contribution in [-0.2, 0) is 0 Å². The fourth-order valence-electron chi connectivity index (χ4n) is 3.46. The molecule has 0 bridgehead atoms. The van der Waals surface area contributed by atoms with Crippen molar-refractivity contribution in [2.75, 3.05) is 0 Å². The van der Waals surface area contributed by atoms with Crippen molar-refractivity contribution in [1.29, 1.82) is 0 Å². The summed E-state index contributed by atoms with van der Waals surface area (Å²) in [4.78, 5) is 28.3. The van der Waals surface area contributed by atoms with Gasteiger partial charge >= 0.3 is 12.2 Å². The van der Waals surface area contributed by atoms with Crippen LogP contribution in [0.15, 0.2) is 9.98 Å². The van der Waals surface area contributed by atoms with Crippen LogP contribution in [0, 0.1) is 11.8 Å². The molecular weight excluding hydrogens is 272 g/mol. The van der Waals surface area contributed by atoms with Crippen molar-refractivity contribution in [3.05, 3.63) is 0 Å². The minimum atomic E-state index is -1.08. The van der Waals surface area contributed by atoms with E-state index >= 15 is 0 Å². The molecule has 21 heavy (non-hydrogen) atoms. The van der Waals surface area contributed by atoms with Gasteiger partial charge in [0.25, 0.3) is 0 Å². The zero-order valence-corrected chi connectivity index (χ0v) is 12.1. The van der Waals surface area contributed by atoms with Crippen LogP contribution in [0.2, 0.25) is 0 Å². The standard InChI is InChI=1S/C15H22N2O4/c18-14(19)16-12-5-1-10(2-6-12)9-11-3-7-13(8-4-11)17-15(20)21/h10-11H,1-9H2,(H,18,19)(H,20,21). The predicted octanol–water partition coefficient (Wildman–Crippen LogP) is 3.99. The Kier molecular flexibility index (Phi) is 5.47. The van der Waals surface area contributed by atoms with Crippen LogP contribution in [0.3, 0.4) is 0 Å². The largest absolute Gasteiger partial charge is 0.463 e. The molecule has 0 heterocycles. The first-order valence-electron chi connectivity index (χ1n) is 7.61. The average molecular weight is 294 g/mol. The maximum absolute atomic E-state index is 10.5. The summed E-state index contributed by atoms with van der Waals surface area (Å²) >= 11 is 0. The Bertz CT molecular complexity index is 408. The minimum absolute atomic E-state index is 0.653. The summed E-state index contributed by atoms with van der Waals surface area (Å²) in [7, 11) is 0. The molecule has 0 aromatic heterocycles. The molecule has 2 amide bonds. The van der Waals surface area contributed by atoms with Gasteiger partial charge in [0, 0.05) is 11.4 Å². The van der Waals surface area contributed by atoms with Crippen LogP contribution >= 0.6 is 0 Å². The van der Waals surface area contributed by atoms with E-state index in [1.165, 1.54) is 6.42 Å². The number of rotatable bonds is 2. The summed E-state index contributed by atoms with van der Waals surface area (Å²) in [6.45, 7) is 0. The molecule has 2 rings (SSSR count). The van der Waals surface area contributed by atoms with Gasteiger partial charge in [-0.25, -0.2) is 9.59 Å². The van der Waals surface area contributed by atoms with Gasteiger partial charge in [0.2, 0.25) is 0 Å². The molecule has 2 saturated carbocycles. The molecule has 0 aromatic carbocycles. The smallest absolute Gasteiger partial charge is 0.431 e. The molecule has 0 aromatic rings. The highest BCUT2D eigenvalue weighted by molar-refractivity contribution is 5.93. The highest BCUT2D eigenvalue weighted by atomic mass is 16.4. The number of hydrogen-bond donors (Lipinski definition) is 2. The van der Waals surface area contributed by atoms with Crippen LogP contribution in [0.1, 0.15) is 57.8 Å². The van der Waals surface area contributed by atoms with Crippen LogP contribution in [0.25, 0.3) is 0 Å². The summed E-state index contributed by atoms with van der Waals surface area (Å²) in [6.07, 6.45) is 6.31. The van der Waals surface area contributed by atoms with E-state index in [9.17, 15) is 9.59 Å². The maximum Gasteiger partial charge on any atom is 0.431 e. The molecule has 0 aliphatic heterocycles. The van der Waals surface area contributed by atoms with E-state index in [2.05, 4.69) is 9.98 Å². The fraction of sp³-hybridized carbons (Fsp3) is 0.733. The second kappa shape index (κ2) is 7.33. The third-order valence-corrected chi connectivity index (χ3v) is 4.54. The molecule has 2 aliphatic carbocycles. The molecule has 6 heteroatoms. The quantitative estimate of drug-likeness (QED) is 0.804. The SMILES string of the molecule is O=C(O)N=C1CCC(CC2CCC(=NC(=O)O)CC2)CC1. The highest BCUT2D eigenvalue weighted by Gasteiger charge is 2.24. The van der Waals surface area contributed by atoms with Crippen molar-refractivity contribution in [3.63, 3.8) is 0 Å². The van der Waals surface area contributed by atoms with Crippen LogP contribution in [-0.4, -0.2) is 33.8 Å². The van der Waals surface area contributed by atoms with E-state index in [1.54, 1.807) is 0 Å². The highest BCUT2D eigenvalue weighted by Crippen LogP contribution is 2.34. The average Bonchev–Trinajstić information content (AvgIpc) is 2.42. The molecule has 0 radical (unpaired) electrons. The van der Waals surface area contributed by atoms with Gasteiger partial charge < -0.3 is 10.2 Å². The van der Waals surface area contributed by atoms with Crippen LogP contribution in [0.5, 0.6) is 0 Å². The molecule has 0 unspecified atom stereocenters. The lowest BCUT2D eigenvalue weighted by molar-refractivity contribution is 0.204. The predicted molar refractivity (Wildman–Crippen MR) is 79.5 cm³/mol. The van der Waals surface area contributed by atoms with Crippen molar-refractivity contribution >= 4 is 23.6 Å². The van der Waals surface area contributed by atoms with Gasteiger partial charge in [0.1, 0.15) is 0 Å². The molecule has 0 spiro atoms. The number of hydrogen-bond acceptors (Lipinski definition) is 2. The molecule has 6 nitrogen and oxygen atoms in total. The van der Waals surface area contributed by atoms with Gasteiger partial charge in [0.05, 0.1) is 0 Å². The zero-order chi connectivity index (χ0) is 15.2. The summed E-state index contributed by atoms with van der Waals surface area (Å²) in [5, 5.41) is 17.3. The first-order chi connectivity index (χ1) is 10.0. The Hall–Kier alpha value is -1.72. The van der Waals surface area contributed by atoms with Gasteiger partial charge in [0.15, 0.2) is 0 Å². The molecule has 116 valence electrons. The Morgan fingerprint density at radius 3 is 1.43 bits per heavy atom. The van der Waals surface area contributed by atoms with Gasteiger partial charge in [-0.1, -0.05) is 0 Å². The van der Waals surface area contributed by atoms with Crippen molar-refractivity contribution < 1.29 is 19.8 Å². The number of aliphatic imine (C=N–C) groups is 2. The number of nitrogens with zero attached hydrogens (tertiary/aromatic N) is 2. The molecule has 0 atom stereocenters. The minimum Gasteiger partial charge on any atom is -0.463 e. The van der Waals surface area contributed by atoms with Crippen LogP contribution in [0.4, 0.5) is 9.59 Å². The van der Waals surface area contributed by atoms with E-state index in [4.69, 9.17) is 10.2 Å². The Morgan fingerprint density at radius 1 is 0.810 bits per heavy atom. The second-order valence-electron chi connectivity index (χ2n) is 6.04. The molecule has 2 aliphatic rings. The molecular formula is C15H22N2O4. The number of carbonyl (C=O) groups is 2. The van der Waals surface area contributed by atoms with Crippen molar-refractivity contribution in [3.8, 4) is 0 Å². The molecule has 2 fully saturated rings. The van der Waals surface area contributed by atoms with Crippen molar-refractivity contribution in [2.45, 2.75) is 57.8 Å². The van der Waals surface area contributed by atoms with E-state index in [0.717, 1.165) is 62.8 Å². The van der Waals surface area contributed by atoms with Crippen LogP contribution < -0.4 is 0 Å². The van der Waals surface area contributed by atoms with E-state index in [1.807, 2.05) is 0 Å². The first-order valence-corrected chi connectivity index (χ1v) is 7.61. The Labute approximate surface area is 124 Å². The summed E-state index contributed by atoms with van der Waals surface area (Å²) < 4.78 is 0. The normalized spacial score (nSPS) is 26.3. The summed E-state index contributed by atoms with van der Waals surface area (Å²) in [5.74, 6) is 1.31. The van der Waals surface area contributed by atoms with E-state index in [-0.39, 0.29) is 0 Å². The van der Waals surface area contributed by atoms with Gasteiger partial charge in [-0.15, -0.1) is 0 Å². The second-order valence-corrected chi connectivity index (χ2v) is 6.04. The fourth-order valence-corrected chi connectivity index (χ4v) is 3.46. The summed E-state index contributed by atoms with van der Waals surface area (Å²) in [6, 6.07) is 0. The zero-order valence-electron chi connectivity index (χ0n) is 12.1. The Balaban J connectivity index is 1.73. The first kappa shape index (κ1) is 15.7. The van der Waals surface area contributed by atoms with E-state index < -0.39 is 12.2 Å². The number of amides is 2. The number of carboxylic acid groups (broad SMARTS) is 2. The molecule has 0 saturated heterocycles. The Morgan fingerprint density at radius 2 is 1.14 bits per heavy atom. The van der Waals surface area contributed by atoms with E-state index in [0.29, 0.717) is 11.8 Å². The maximum atomic E-state index is 10.5. The van der Waals surface area contributed by atoms with Gasteiger partial charge in [-0.3, -0.25) is 0 Å².